The molecular weight excluding hydrogens is 205 g/mol. The number of aromatic nitrogens is 2. The first-order chi connectivity index (χ1) is 7.69. The van der Waals surface area contributed by atoms with E-state index in [2.05, 4.69) is 15.2 Å². The molecule has 0 aliphatic heterocycles. The summed E-state index contributed by atoms with van der Waals surface area (Å²) in [6.45, 7) is 2.11. The Balaban J connectivity index is 2.25. The highest BCUT2D eigenvalue weighted by Crippen LogP contribution is 2.12. The first-order valence-corrected chi connectivity index (χ1v) is 5.04. The Morgan fingerprint density at radius 3 is 3.12 bits per heavy atom. The Morgan fingerprint density at radius 2 is 2.44 bits per heavy atom. The van der Waals surface area contributed by atoms with Crippen molar-refractivity contribution in [3.8, 4) is 0 Å². The van der Waals surface area contributed by atoms with E-state index in [4.69, 9.17) is 5.02 Å². The highest BCUT2D eigenvalue weighted by molar-refractivity contribution is 6.45. The zero-order chi connectivity index (χ0) is 11.5. The maximum Gasteiger partial charge on any atom is 0.373 e. The van der Waals surface area contributed by atoms with Crippen molar-refractivity contribution in [1.82, 2.24) is 15.2 Å². The molecule has 0 aliphatic carbocycles. The zero-order valence-corrected chi connectivity index (χ0v) is 8.90. The Hall–Kier alpha value is -1.66. The molecule has 2 aromatic rings. The molecule has 0 saturated carbocycles. The van der Waals surface area contributed by atoms with Gasteiger partial charge in [0.15, 0.2) is 0 Å². The van der Waals surface area contributed by atoms with Crippen molar-refractivity contribution < 1.29 is 9.82 Å². The molecule has 0 spiro atoms. The SMILES string of the molecule is CB(O)NCc1nc2ccc(C=O)cc2[nH]1. The van der Waals surface area contributed by atoms with Gasteiger partial charge in [0.25, 0.3) is 0 Å². The number of carbonyl (C=O) groups excluding carboxylic acids is 1. The summed E-state index contributed by atoms with van der Waals surface area (Å²) in [4.78, 5) is 18.0. The molecule has 1 aromatic carbocycles. The maximum absolute atomic E-state index is 10.6. The van der Waals surface area contributed by atoms with E-state index in [-0.39, 0.29) is 0 Å². The van der Waals surface area contributed by atoms with Crippen LogP contribution in [0.25, 0.3) is 11.0 Å². The fourth-order valence-electron chi connectivity index (χ4n) is 1.48. The molecule has 1 heterocycles. The van der Waals surface area contributed by atoms with Crippen molar-refractivity contribution in [3.63, 3.8) is 0 Å². The standard InChI is InChI=1S/C10H12BN3O2/c1-11(16)12-5-10-13-8-3-2-7(6-15)4-9(8)14-10/h2-4,6,12,16H,5H2,1H3,(H,13,14). The second-order valence-corrected chi connectivity index (χ2v) is 3.63. The van der Waals surface area contributed by atoms with Gasteiger partial charge in [0.05, 0.1) is 11.0 Å². The van der Waals surface area contributed by atoms with Gasteiger partial charge >= 0.3 is 7.05 Å². The number of nitrogens with zero attached hydrogens (tertiary/aromatic N) is 1. The van der Waals surface area contributed by atoms with Crippen LogP contribution in [0, 0.1) is 0 Å². The van der Waals surface area contributed by atoms with E-state index in [9.17, 15) is 4.79 Å². The second-order valence-electron chi connectivity index (χ2n) is 3.63. The van der Waals surface area contributed by atoms with Crippen LogP contribution in [0.4, 0.5) is 0 Å². The number of aromatic amines is 1. The molecule has 6 heteroatoms. The smallest absolute Gasteiger partial charge is 0.373 e. The van der Waals surface area contributed by atoms with Gasteiger partial charge in [0.2, 0.25) is 0 Å². The van der Waals surface area contributed by atoms with Crippen molar-refractivity contribution in [2.45, 2.75) is 13.4 Å². The lowest BCUT2D eigenvalue weighted by molar-refractivity contribution is 0.112. The molecule has 0 bridgehead atoms. The maximum atomic E-state index is 10.6. The Morgan fingerprint density at radius 1 is 1.62 bits per heavy atom. The number of nitrogens with one attached hydrogen (secondary N) is 2. The predicted molar refractivity (Wildman–Crippen MR) is 62.2 cm³/mol. The molecule has 82 valence electrons. The molecule has 0 saturated heterocycles. The third-order valence-electron chi connectivity index (χ3n) is 2.26. The van der Waals surface area contributed by atoms with E-state index in [0.717, 1.165) is 23.1 Å². The summed E-state index contributed by atoms with van der Waals surface area (Å²) in [7, 11) is -0.571. The average Bonchev–Trinajstić information content (AvgIpc) is 2.67. The number of rotatable bonds is 4. The third kappa shape index (κ3) is 2.29. The van der Waals surface area contributed by atoms with Gasteiger partial charge in [-0.25, -0.2) is 4.98 Å². The van der Waals surface area contributed by atoms with E-state index in [1.165, 1.54) is 0 Å². The highest BCUT2D eigenvalue weighted by Gasteiger charge is 2.06. The summed E-state index contributed by atoms with van der Waals surface area (Å²) in [6, 6.07) is 5.27. The number of hydrogen-bond donors (Lipinski definition) is 3. The summed E-state index contributed by atoms with van der Waals surface area (Å²) in [5.74, 6) is 0.735. The van der Waals surface area contributed by atoms with Crippen LogP contribution in [0.2, 0.25) is 6.82 Å². The quantitative estimate of drug-likeness (QED) is 0.516. The van der Waals surface area contributed by atoms with Crippen LogP contribution >= 0.6 is 0 Å². The van der Waals surface area contributed by atoms with Crippen molar-refractivity contribution in [2.24, 2.45) is 0 Å². The second kappa shape index (κ2) is 4.46. The van der Waals surface area contributed by atoms with Crippen LogP contribution in [-0.4, -0.2) is 28.3 Å². The van der Waals surface area contributed by atoms with E-state index >= 15 is 0 Å². The summed E-state index contributed by atoms with van der Waals surface area (Å²) < 4.78 is 0. The van der Waals surface area contributed by atoms with Crippen LogP contribution in [0.15, 0.2) is 18.2 Å². The molecular formula is C10H12BN3O2. The summed E-state index contributed by atoms with van der Waals surface area (Å²) in [5, 5.41) is 11.9. The predicted octanol–water partition coefficient (Wildman–Crippen LogP) is 0.575. The normalized spacial score (nSPS) is 10.6. The molecule has 0 fully saturated rings. The van der Waals surface area contributed by atoms with Gasteiger partial charge in [-0.3, -0.25) is 4.79 Å². The number of carbonyl (C=O) groups is 1. The van der Waals surface area contributed by atoms with Crippen molar-refractivity contribution >= 4 is 24.4 Å². The summed E-state index contributed by atoms with van der Waals surface area (Å²) in [5.41, 5.74) is 2.26. The Bertz CT molecular complexity index is 510. The average molecular weight is 217 g/mol. The number of imidazole rings is 1. The minimum absolute atomic E-state index is 0.461. The fraction of sp³-hybridized carbons (Fsp3) is 0.200. The van der Waals surface area contributed by atoms with Crippen molar-refractivity contribution in [2.75, 3.05) is 0 Å². The van der Waals surface area contributed by atoms with Gasteiger partial charge in [-0.15, -0.1) is 0 Å². The minimum Gasteiger partial charge on any atom is -0.437 e. The molecule has 1 aromatic heterocycles. The topological polar surface area (TPSA) is 78.0 Å². The molecule has 0 atom stereocenters. The number of hydrogen-bond acceptors (Lipinski definition) is 4. The fourth-order valence-corrected chi connectivity index (χ4v) is 1.48. The third-order valence-corrected chi connectivity index (χ3v) is 2.26. The molecule has 3 N–H and O–H groups in total. The monoisotopic (exact) mass is 217 g/mol. The van der Waals surface area contributed by atoms with Crippen LogP contribution in [-0.2, 0) is 6.54 Å². The van der Waals surface area contributed by atoms with Crippen LogP contribution < -0.4 is 5.23 Å². The molecule has 0 radical (unpaired) electrons. The number of fused-ring (bicyclic) bond motifs is 1. The van der Waals surface area contributed by atoms with Crippen LogP contribution in [0.1, 0.15) is 16.2 Å². The number of H-pyrrole nitrogens is 1. The number of aldehydes is 1. The lowest BCUT2D eigenvalue weighted by atomic mass is 9.89. The molecule has 0 aliphatic rings. The first-order valence-electron chi connectivity index (χ1n) is 5.04. The van der Waals surface area contributed by atoms with Crippen LogP contribution in [0.3, 0.4) is 0 Å². The van der Waals surface area contributed by atoms with E-state index in [1.54, 1.807) is 25.0 Å². The Kier molecular flexibility index (Phi) is 3.03. The van der Waals surface area contributed by atoms with E-state index < -0.39 is 7.05 Å². The van der Waals surface area contributed by atoms with E-state index in [1.807, 2.05) is 0 Å². The summed E-state index contributed by atoms with van der Waals surface area (Å²) in [6.07, 6.45) is 0.800. The molecule has 0 amide bonds. The lowest BCUT2D eigenvalue weighted by Crippen LogP contribution is -2.30. The van der Waals surface area contributed by atoms with Crippen LogP contribution in [0.5, 0.6) is 0 Å². The minimum atomic E-state index is -0.571. The van der Waals surface area contributed by atoms with Gasteiger partial charge in [0.1, 0.15) is 12.1 Å². The Labute approximate surface area is 93.0 Å². The lowest BCUT2D eigenvalue weighted by Gasteiger charge is -1.99. The van der Waals surface area contributed by atoms with Gasteiger partial charge in [-0.1, -0.05) is 0 Å². The zero-order valence-electron chi connectivity index (χ0n) is 8.90. The highest BCUT2D eigenvalue weighted by atomic mass is 16.2. The largest absolute Gasteiger partial charge is 0.437 e. The summed E-state index contributed by atoms with van der Waals surface area (Å²) >= 11 is 0. The molecule has 5 nitrogen and oxygen atoms in total. The number of benzene rings is 1. The first kappa shape index (κ1) is 10.8. The van der Waals surface area contributed by atoms with Gasteiger partial charge < -0.3 is 15.2 Å². The van der Waals surface area contributed by atoms with Crippen molar-refractivity contribution in [1.29, 1.82) is 0 Å². The van der Waals surface area contributed by atoms with Crippen molar-refractivity contribution in [3.05, 3.63) is 29.6 Å². The van der Waals surface area contributed by atoms with Gasteiger partial charge in [0, 0.05) is 12.1 Å². The van der Waals surface area contributed by atoms with Gasteiger partial charge in [-0.05, 0) is 25.0 Å². The molecule has 0 unspecified atom stereocenters. The van der Waals surface area contributed by atoms with E-state index in [0.29, 0.717) is 12.1 Å². The van der Waals surface area contributed by atoms with Gasteiger partial charge in [-0.2, -0.15) is 0 Å². The molecule has 2 rings (SSSR count). The molecule has 16 heavy (non-hydrogen) atoms.